The SMILES string of the molecule is O=C(O)c1cccc(OCCOc2ccc(F)cc2Cl)c1. The van der Waals surface area contributed by atoms with Crippen LogP contribution in [0.1, 0.15) is 10.4 Å². The zero-order chi connectivity index (χ0) is 15.2. The van der Waals surface area contributed by atoms with Crippen molar-refractivity contribution in [3.63, 3.8) is 0 Å². The molecule has 0 spiro atoms. The van der Waals surface area contributed by atoms with Crippen molar-refractivity contribution in [2.45, 2.75) is 0 Å². The molecule has 110 valence electrons. The van der Waals surface area contributed by atoms with Crippen molar-refractivity contribution < 1.29 is 23.8 Å². The Morgan fingerprint density at radius 2 is 1.90 bits per heavy atom. The molecule has 0 radical (unpaired) electrons. The van der Waals surface area contributed by atoms with E-state index in [2.05, 4.69) is 0 Å². The van der Waals surface area contributed by atoms with Crippen LogP contribution in [0, 0.1) is 5.82 Å². The second kappa shape index (κ2) is 6.95. The van der Waals surface area contributed by atoms with Gasteiger partial charge in [0, 0.05) is 0 Å². The van der Waals surface area contributed by atoms with E-state index >= 15 is 0 Å². The molecule has 0 atom stereocenters. The van der Waals surface area contributed by atoms with Crippen LogP contribution in [0.3, 0.4) is 0 Å². The number of hydrogen-bond acceptors (Lipinski definition) is 3. The summed E-state index contributed by atoms with van der Waals surface area (Å²) in [6.45, 7) is 0.402. The fourth-order valence-electron chi connectivity index (χ4n) is 1.62. The Hall–Kier alpha value is -2.27. The van der Waals surface area contributed by atoms with Gasteiger partial charge in [-0.15, -0.1) is 0 Å². The average Bonchev–Trinajstić information content (AvgIpc) is 2.45. The maximum absolute atomic E-state index is 12.8. The van der Waals surface area contributed by atoms with Gasteiger partial charge in [-0.1, -0.05) is 17.7 Å². The predicted molar refractivity (Wildman–Crippen MR) is 75.8 cm³/mol. The Morgan fingerprint density at radius 3 is 2.62 bits per heavy atom. The molecular weight excluding hydrogens is 299 g/mol. The maximum atomic E-state index is 12.8. The highest BCUT2D eigenvalue weighted by atomic mass is 35.5. The van der Waals surface area contributed by atoms with Crippen LogP contribution >= 0.6 is 11.6 Å². The standard InChI is InChI=1S/C15H12ClFO4/c16-13-9-11(17)4-5-14(13)21-7-6-20-12-3-1-2-10(8-12)15(18)19/h1-5,8-9H,6-7H2,(H,18,19). The molecule has 0 aliphatic rings. The minimum Gasteiger partial charge on any atom is -0.490 e. The smallest absolute Gasteiger partial charge is 0.335 e. The van der Waals surface area contributed by atoms with Crippen molar-refractivity contribution in [3.05, 3.63) is 58.9 Å². The molecule has 2 aromatic rings. The summed E-state index contributed by atoms with van der Waals surface area (Å²) in [4.78, 5) is 10.8. The van der Waals surface area contributed by atoms with Crippen molar-refractivity contribution in [2.75, 3.05) is 13.2 Å². The van der Waals surface area contributed by atoms with Gasteiger partial charge in [-0.2, -0.15) is 0 Å². The second-order valence-electron chi connectivity index (χ2n) is 4.10. The summed E-state index contributed by atoms with van der Waals surface area (Å²) in [5, 5.41) is 9.04. The lowest BCUT2D eigenvalue weighted by molar-refractivity contribution is 0.0696. The van der Waals surface area contributed by atoms with E-state index in [1.54, 1.807) is 12.1 Å². The van der Waals surface area contributed by atoms with Crippen LogP contribution in [0.4, 0.5) is 4.39 Å². The van der Waals surface area contributed by atoms with E-state index in [0.717, 1.165) is 6.07 Å². The number of aromatic carboxylic acids is 1. The molecule has 0 aromatic heterocycles. The first kappa shape index (κ1) is 15.1. The average molecular weight is 311 g/mol. The van der Waals surface area contributed by atoms with Crippen LogP contribution in [0.2, 0.25) is 5.02 Å². The van der Waals surface area contributed by atoms with Gasteiger partial charge < -0.3 is 14.6 Å². The highest BCUT2D eigenvalue weighted by Gasteiger charge is 2.05. The summed E-state index contributed by atoms with van der Waals surface area (Å²) in [7, 11) is 0. The summed E-state index contributed by atoms with van der Waals surface area (Å²) in [5.74, 6) is -0.659. The number of ether oxygens (including phenoxy) is 2. The molecule has 2 aromatic carbocycles. The topological polar surface area (TPSA) is 55.8 Å². The van der Waals surface area contributed by atoms with E-state index in [1.807, 2.05) is 0 Å². The van der Waals surface area contributed by atoms with Gasteiger partial charge in [-0.3, -0.25) is 0 Å². The third-order valence-corrected chi connectivity index (χ3v) is 2.88. The molecule has 0 fully saturated rings. The zero-order valence-electron chi connectivity index (χ0n) is 10.9. The van der Waals surface area contributed by atoms with Crippen LogP contribution in [0.25, 0.3) is 0 Å². The van der Waals surface area contributed by atoms with E-state index in [1.165, 1.54) is 24.3 Å². The molecule has 0 amide bonds. The summed E-state index contributed by atoms with van der Waals surface area (Å²) >= 11 is 5.81. The molecule has 0 saturated heterocycles. The maximum Gasteiger partial charge on any atom is 0.335 e. The Bertz CT molecular complexity index is 645. The number of benzene rings is 2. The number of halogens is 2. The zero-order valence-corrected chi connectivity index (χ0v) is 11.6. The van der Waals surface area contributed by atoms with E-state index in [9.17, 15) is 9.18 Å². The largest absolute Gasteiger partial charge is 0.490 e. The monoisotopic (exact) mass is 310 g/mol. The summed E-state index contributed by atoms with van der Waals surface area (Å²) < 4.78 is 23.6. The van der Waals surface area contributed by atoms with Gasteiger partial charge in [-0.05, 0) is 36.4 Å². The molecule has 0 unspecified atom stereocenters. The summed E-state index contributed by atoms with van der Waals surface area (Å²) in [6.07, 6.45) is 0. The minimum atomic E-state index is -1.02. The highest BCUT2D eigenvalue weighted by molar-refractivity contribution is 6.32. The molecule has 0 aliphatic carbocycles. The Labute approximate surface area is 125 Å². The summed E-state index contributed by atoms with van der Waals surface area (Å²) in [5.41, 5.74) is 0.148. The van der Waals surface area contributed by atoms with Crippen molar-refractivity contribution >= 4 is 17.6 Å². The van der Waals surface area contributed by atoms with E-state index in [-0.39, 0.29) is 23.8 Å². The molecule has 6 heteroatoms. The molecule has 2 rings (SSSR count). The molecule has 4 nitrogen and oxygen atoms in total. The normalized spacial score (nSPS) is 10.2. The second-order valence-corrected chi connectivity index (χ2v) is 4.51. The molecule has 1 N–H and O–H groups in total. The number of carbonyl (C=O) groups is 1. The van der Waals surface area contributed by atoms with Crippen LogP contribution < -0.4 is 9.47 Å². The number of hydrogen-bond donors (Lipinski definition) is 1. The first-order chi connectivity index (χ1) is 10.1. The lowest BCUT2D eigenvalue weighted by Gasteiger charge is -2.10. The van der Waals surface area contributed by atoms with Gasteiger partial charge in [0.05, 0.1) is 10.6 Å². The lowest BCUT2D eigenvalue weighted by Crippen LogP contribution is -2.09. The Morgan fingerprint density at radius 1 is 1.14 bits per heavy atom. The number of carboxylic acid groups (broad SMARTS) is 1. The van der Waals surface area contributed by atoms with Gasteiger partial charge in [-0.25, -0.2) is 9.18 Å². The minimum absolute atomic E-state index is 0.148. The molecule has 21 heavy (non-hydrogen) atoms. The molecular formula is C15H12ClFO4. The fourth-order valence-corrected chi connectivity index (χ4v) is 1.84. The molecule has 0 aliphatic heterocycles. The molecule has 0 heterocycles. The third kappa shape index (κ3) is 4.36. The first-order valence-electron chi connectivity index (χ1n) is 6.10. The van der Waals surface area contributed by atoms with Crippen LogP contribution in [-0.4, -0.2) is 24.3 Å². The van der Waals surface area contributed by atoms with Gasteiger partial charge >= 0.3 is 5.97 Å². The van der Waals surface area contributed by atoms with Crippen molar-refractivity contribution in [1.29, 1.82) is 0 Å². The highest BCUT2D eigenvalue weighted by Crippen LogP contribution is 2.24. The lowest BCUT2D eigenvalue weighted by atomic mass is 10.2. The Balaban J connectivity index is 1.84. The molecule has 0 saturated carbocycles. The number of carboxylic acids is 1. The fraction of sp³-hybridized carbons (Fsp3) is 0.133. The van der Waals surface area contributed by atoms with Crippen molar-refractivity contribution in [3.8, 4) is 11.5 Å². The van der Waals surface area contributed by atoms with E-state index in [4.69, 9.17) is 26.2 Å². The van der Waals surface area contributed by atoms with Gasteiger partial charge in [0.15, 0.2) is 0 Å². The number of rotatable bonds is 6. The van der Waals surface area contributed by atoms with Gasteiger partial charge in [0.25, 0.3) is 0 Å². The van der Waals surface area contributed by atoms with E-state index < -0.39 is 11.8 Å². The predicted octanol–water partition coefficient (Wildman–Crippen LogP) is 3.64. The van der Waals surface area contributed by atoms with Gasteiger partial charge in [0.1, 0.15) is 30.5 Å². The summed E-state index contributed by atoms with van der Waals surface area (Å²) in [6, 6.07) is 9.99. The van der Waals surface area contributed by atoms with Crippen LogP contribution in [0.15, 0.2) is 42.5 Å². The van der Waals surface area contributed by atoms with E-state index in [0.29, 0.717) is 11.5 Å². The van der Waals surface area contributed by atoms with Crippen LogP contribution in [0.5, 0.6) is 11.5 Å². The van der Waals surface area contributed by atoms with Crippen molar-refractivity contribution in [1.82, 2.24) is 0 Å². The third-order valence-electron chi connectivity index (χ3n) is 2.58. The quantitative estimate of drug-likeness (QED) is 0.828. The molecule has 0 bridgehead atoms. The first-order valence-corrected chi connectivity index (χ1v) is 6.48. The van der Waals surface area contributed by atoms with Crippen LogP contribution in [-0.2, 0) is 0 Å². The Kier molecular flexibility index (Phi) is 5.00. The van der Waals surface area contributed by atoms with Gasteiger partial charge in [0.2, 0.25) is 0 Å². The van der Waals surface area contributed by atoms with Crippen molar-refractivity contribution in [2.24, 2.45) is 0 Å².